The Morgan fingerprint density at radius 2 is 2.14 bits per heavy atom. The highest BCUT2D eigenvalue weighted by Gasteiger charge is 2.21. The molecule has 1 aliphatic heterocycles. The van der Waals surface area contributed by atoms with Crippen molar-refractivity contribution in [3.05, 3.63) is 0 Å². The summed E-state index contributed by atoms with van der Waals surface area (Å²) in [6.07, 6.45) is 3.96. The Morgan fingerprint density at radius 3 is 2.71 bits per heavy atom. The van der Waals surface area contributed by atoms with Crippen molar-refractivity contribution in [2.45, 2.75) is 52.1 Å². The Morgan fingerprint density at radius 1 is 1.43 bits per heavy atom. The predicted molar refractivity (Wildman–Crippen MR) is 62.6 cm³/mol. The average Bonchev–Trinajstić information content (AvgIpc) is 2.14. The molecule has 1 saturated heterocycles. The van der Waals surface area contributed by atoms with E-state index in [-0.39, 0.29) is 0 Å². The zero-order valence-electron chi connectivity index (χ0n) is 10.2. The summed E-state index contributed by atoms with van der Waals surface area (Å²) in [6.45, 7) is 9.35. The standard InChI is InChI=1S/C12H26N2/c1-10(2)6-8-14(4)12-5-7-13-11(3)9-12/h10-13H,5-9H2,1-4H3. The molecule has 1 fully saturated rings. The first-order valence-electron chi connectivity index (χ1n) is 6.03. The molecule has 14 heavy (non-hydrogen) atoms. The molecule has 0 radical (unpaired) electrons. The van der Waals surface area contributed by atoms with E-state index < -0.39 is 0 Å². The fourth-order valence-electron chi connectivity index (χ4n) is 2.15. The van der Waals surface area contributed by atoms with E-state index in [4.69, 9.17) is 0 Å². The maximum absolute atomic E-state index is 3.51. The summed E-state index contributed by atoms with van der Waals surface area (Å²) in [5, 5.41) is 3.51. The van der Waals surface area contributed by atoms with E-state index in [0.29, 0.717) is 6.04 Å². The number of rotatable bonds is 4. The fraction of sp³-hybridized carbons (Fsp3) is 1.00. The van der Waals surface area contributed by atoms with Gasteiger partial charge in [0.05, 0.1) is 0 Å². The molecule has 84 valence electrons. The van der Waals surface area contributed by atoms with E-state index in [0.717, 1.165) is 12.0 Å². The molecular weight excluding hydrogens is 172 g/mol. The lowest BCUT2D eigenvalue weighted by Gasteiger charge is -2.35. The van der Waals surface area contributed by atoms with Gasteiger partial charge in [0, 0.05) is 12.1 Å². The third-order valence-corrected chi connectivity index (χ3v) is 3.28. The van der Waals surface area contributed by atoms with Crippen LogP contribution in [0, 0.1) is 5.92 Å². The molecule has 0 amide bonds. The fourth-order valence-corrected chi connectivity index (χ4v) is 2.15. The second-order valence-corrected chi connectivity index (χ2v) is 5.20. The molecule has 0 bridgehead atoms. The maximum Gasteiger partial charge on any atom is 0.0119 e. The Bertz CT molecular complexity index is 156. The minimum absolute atomic E-state index is 0.704. The smallest absolute Gasteiger partial charge is 0.0119 e. The van der Waals surface area contributed by atoms with Gasteiger partial charge in [0.2, 0.25) is 0 Å². The van der Waals surface area contributed by atoms with Gasteiger partial charge in [0.15, 0.2) is 0 Å². The number of hydrogen-bond acceptors (Lipinski definition) is 2. The van der Waals surface area contributed by atoms with Gasteiger partial charge in [-0.05, 0) is 52.2 Å². The van der Waals surface area contributed by atoms with Crippen LogP contribution < -0.4 is 5.32 Å². The topological polar surface area (TPSA) is 15.3 Å². The van der Waals surface area contributed by atoms with E-state index in [1.54, 1.807) is 0 Å². The molecule has 0 aromatic carbocycles. The molecule has 1 N–H and O–H groups in total. The number of nitrogens with zero attached hydrogens (tertiary/aromatic N) is 1. The van der Waals surface area contributed by atoms with Crippen molar-refractivity contribution >= 4 is 0 Å². The van der Waals surface area contributed by atoms with Crippen molar-refractivity contribution < 1.29 is 0 Å². The minimum Gasteiger partial charge on any atom is -0.314 e. The zero-order valence-corrected chi connectivity index (χ0v) is 10.2. The first kappa shape index (κ1) is 12.0. The molecule has 1 heterocycles. The Hall–Kier alpha value is -0.0800. The summed E-state index contributed by atoms with van der Waals surface area (Å²) in [4.78, 5) is 2.55. The molecule has 0 aromatic rings. The summed E-state index contributed by atoms with van der Waals surface area (Å²) < 4.78 is 0. The van der Waals surface area contributed by atoms with Crippen LogP contribution in [0.5, 0.6) is 0 Å². The van der Waals surface area contributed by atoms with Gasteiger partial charge in [0.1, 0.15) is 0 Å². The molecule has 0 aliphatic carbocycles. The SMILES string of the molecule is CC(C)CCN(C)C1CCNC(C)C1. The highest BCUT2D eigenvalue weighted by molar-refractivity contribution is 4.80. The normalized spacial score (nSPS) is 28.7. The van der Waals surface area contributed by atoms with Crippen molar-refractivity contribution in [1.82, 2.24) is 10.2 Å². The summed E-state index contributed by atoms with van der Waals surface area (Å²) >= 11 is 0. The van der Waals surface area contributed by atoms with E-state index >= 15 is 0 Å². The summed E-state index contributed by atoms with van der Waals surface area (Å²) in [7, 11) is 2.28. The van der Waals surface area contributed by atoms with Gasteiger partial charge < -0.3 is 10.2 Å². The first-order chi connectivity index (χ1) is 6.59. The van der Waals surface area contributed by atoms with Crippen molar-refractivity contribution in [2.75, 3.05) is 20.1 Å². The Kier molecular flexibility index (Phi) is 4.90. The first-order valence-corrected chi connectivity index (χ1v) is 6.03. The minimum atomic E-state index is 0.704. The molecular formula is C12H26N2. The lowest BCUT2D eigenvalue weighted by atomic mass is 9.99. The molecule has 1 aliphatic rings. The van der Waals surface area contributed by atoms with Gasteiger partial charge in [-0.1, -0.05) is 13.8 Å². The van der Waals surface area contributed by atoms with E-state index in [1.165, 1.54) is 32.4 Å². The molecule has 2 heteroatoms. The van der Waals surface area contributed by atoms with Crippen molar-refractivity contribution in [3.8, 4) is 0 Å². The van der Waals surface area contributed by atoms with Crippen molar-refractivity contribution in [3.63, 3.8) is 0 Å². The van der Waals surface area contributed by atoms with Gasteiger partial charge in [-0.25, -0.2) is 0 Å². The van der Waals surface area contributed by atoms with Crippen LogP contribution in [-0.2, 0) is 0 Å². The number of piperidine rings is 1. The van der Waals surface area contributed by atoms with Crippen LogP contribution >= 0.6 is 0 Å². The van der Waals surface area contributed by atoms with Gasteiger partial charge in [-0.15, -0.1) is 0 Å². The van der Waals surface area contributed by atoms with Gasteiger partial charge in [-0.2, -0.15) is 0 Å². The Labute approximate surface area is 89.1 Å². The third-order valence-electron chi connectivity index (χ3n) is 3.28. The van der Waals surface area contributed by atoms with Gasteiger partial charge in [0.25, 0.3) is 0 Å². The number of nitrogens with one attached hydrogen (secondary N) is 1. The van der Waals surface area contributed by atoms with Crippen LogP contribution in [0.25, 0.3) is 0 Å². The van der Waals surface area contributed by atoms with Gasteiger partial charge >= 0.3 is 0 Å². The molecule has 0 aromatic heterocycles. The largest absolute Gasteiger partial charge is 0.314 e. The number of hydrogen-bond donors (Lipinski definition) is 1. The van der Waals surface area contributed by atoms with Crippen molar-refractivity contribution in [2.24, 2.45) is 5.92 Å². The summed E-state index contributed by atoms with van der Waals surface area (Å²) in [5.74, 6) is 0.830. The molecule has 0 spiro atoms. The van der Waals surface area contributed by atoms with Crippen LogP contribution in [0.3, 0.4) is 0 Å². The quantitative estimate of drug-likeness (QED) is 0.744. The summed E-state index contributed by atoms with van der Waals surface area (Å²) in [6, 6.07) is 1.51. The van der Waals surface area contributed by atoms with E-state index in [9.17, 15) is 0 Å². The van der Waals surface area contributed by atoms with Crippen LogP contribution in [0.1, 0.15) is 40.0 Å². The lowest BCUT2D eigenvalue weighted by molar-refractivity contribution is 0.172. The van der Waals surface area contributed by atoms with E-state index in [1.807, 2.05) is 0 Å². The Balaban J connectivity index is 2.25. The second-order valence-electron chi connectivity index (χ2n) is 5.20. The van der Waals surface area contributed by atoms with Gasteiger partial charge in [-0.3, -0.25) is 0 Å². The molecule has 2 nitrogen and oxygen atoms in total. The zero-order chi connectivity index (χ0) is 10.6. The molecule has 2 atom stereocenters. The predicted octanol–water partition coefficient (Wildman–Crippen LogP) is 2.10. The molecule has 1 rings (SSSR count). The highest BCUT2D eigenvalue weighted by atomic mass is 15.1. The molecule has 2 unspecified atom stereocenters. The van der Waals surface area contributed by atoms with Crippen LogP contribution in [0.2, 0.25) is 0 Å². The second kappa shape index (κ2) is 5.72. The van der Waals surface area contributed by atoms with Crippen LogP contribution in [0.4, 0.5) is 0 Å². The van der Waals surface area contributed by atoms with E-state index in [2.05, 4.69) is 38.0 Å². The molecule has 0 saturated carbocycles. The maximum atomic E-state index is 3.51. The summed E-state index contributed by atoms with van der Waals surface area (Å²) in [5.41, 5.74) is 0. The third kappa shape index (κ3) is 3.97. The monoisotopic (exact) mass is 198 g/mol. The van der Waals surface area contributed by atoms with Crippen LogP contribution in [0.15, 0.2) is 0 Å². The van der Waals surface area contributed by atoms with Crippen molar-refractivity contribution in [1.29, 1.82) is 0 Å². The average molecular weight is 198 g/mol. The van der Waals surface area contributed by atoms with Crippen LogP contribution in [-0.4, -0.2) is 37.1 Å². The lowest BCUT2D eigenvalue weighted by Crippen LogP contribution is -2.45. The highest BCUT2D eigenvalue weighted by Crippen LogP contribution is 2.15.